The second-order valence-corrected chi connectivity index (χ2v) is 5.25. The molecular formula is C18H12N2O. The van der Waals surface area contributed by atoms with Crippen LogP contribution in [0.15, 0.2) is 48.5 Å². The van der Waals surface area contributed by atoms with E-state index in [1.165, 1.54) is 0 Å². The van der Waals surface area contributed by atoms with E-state index in [1.807, 2.05) is 43.3 Å². The zero-order valence-electron chi connectivity index (χ0n) is 11.5. The first-order chi connectivity index (χ1) is 10.2. The number of benzene rings is 2. The summed E-state index contributed by atoms with van der Waals surface area (Å²) in [6.45, 7) is 2.00. The van der Waals surface area contributed by atoms with Crippen LogP contribution in [0.4, 0.5) is 0 Å². The number of hydrogen-bond donors (Lipinski definition) is 1. The number of nitriles is 1. The van der Waals surface area contributed by atoms with Gasteiger partial charge < -0.3 is 9.51 Å². The van der Waals surface area contributed by atoms with Crippen LogP contribution >= 0.6 is 0 Å². The third-order valence-electron chi connectivity index (χ3n) is 4.02. The molecule has 2 heterocycles. The van der Waals surface area contributed by atoms with Gasteiger partial charge in [0, 0.05) is 10.8 Å². The standard InChI is InChI=1S/C18H12N2O/c1-11-8-18-15(10-19)13-4-2-3-5-16(13)20(18)17-7-6-12(21)9-14(11)17/h2-9,21H,1H3. The number of hydrogen-bond acceptors (Lipinski definition) is 2. The second-order valence-electron chi connectivity index (χ2n) is 5.25. The molecular weight excluding hydrogens is 260 g/mol. The fraction of sp³-hybridized carbons (Fsp3) is 0.0556. The molecule has 0 atom stereocenters. The highest BCUT2D eigenvalue weighted by Crippen LogP contribution is 2.32. The first-order valence-corrected chi connectivity index (χ1v) is 6.76. The van der Waals surface area contributed by atoms with Gasteiger partial charge in [-0.25, -0.2) is 0 Å². The summed E-state index contributed by atoms with van der Waals surface area (Å²) in [6, 6.07) is 17.6. The van der Waals surface area contributed by atoms with Crippen LogP contribution in [0.3, 0.4) is 0 Å². The first kappa shape index (κ1) is 11.8. The van der Waals surface area contributed by atoms with Gasteiger partial charge in [0.15, 0.2) is 0 Å². The fourth-order valence-corrected chi connectivity index (χ4v) is 3.09. The number of aromatic nitrogens is 1. The Kier molecular flexibility index (Phi) is 2.25. The molecule has 0 aliphatic heterocycles. The Balaban J connectivity index is 2.40. The lowest BCUT2D eigenvalue weighted by molar-refractivity contribution is 0.476. The monoisotopic (exact) mass is 272 g/mol. The lowest BCUT2D eigenvalue weighted by Gasteiger charge is -2.08. The van der Waals surface area contributed by atoms with E-state index in [1.54, 1.807) is 12.1 Å². The van der Waals surface area contributed by atoms with Crippen LogP contribution in [0.5, 0.6) is 5.75 Å². The zero-order valence-corrected chi connectivity index (χ0v) is 11.5. The molecule has 0 amide bonds. The van der Waals surface area contributed by atoms with Crippen LogP contribution < -0.4 is 0 Å². The van der Waals surface area contributed by atoms with Crippen molar-refractivity contribution in [2.45, 2.75) is 6.92 Å². The minimum absolute atomic E-state index is 0.252. The summed E-state index contributed by atoms with van der Waals surface area (Å²) in [5.74, 6) is 0.252. The molecule has 2 aromatic carbocycles. The number of aryl methyl sites for hydroxylation is 1. The normalized spacial score (nSPS) is 11.2. The molecule has 0 fully saturated rings. The predicted octanol–water partition coefficient (Wildman–Crippen LogP) is 4.13. The molecule has 0 bridgehead atoms. The van der Waals surface area contributed by atoms with E-state index in [-0.39, 0.29) is 5.75 Å². The molecule has 3 heteroatoms. The van der Waals surface area contributed by atoms with Gasteiger partial charge in [-0.2, -0.15) is 5.26 Å². The molecule has 0 saturated carbocycles. The minimum Gasteiger partial charge on any atom is -0.508 e. The van der Waals surface area contributed by atoms with Crippen LogP contribution in [0.1, 0.15) is 11.1 Å². The van der Waals surface area contributed by atoms with Crippen LogP contribution in [-0.2, 0) is 0 Å². The number of aromatic hydroxyl groups is 1. The van der Waals surface area contributed by atoms with Crippen molar-refractivity contribution >= 4 is 27.3 Å². The summed E-state index contributed by atoms with van der Waals surface area (Å²) in [7, 11) is 0. The number of rotatable bonds is 0. The van der Waals surface area contributed by atoms with Gasteiger partial charge >= 0.3 is 0 Å². The van der Waals surface area contributed by atoms with Crippen LogP contribution in [0, 0.1) is 18.3 Å². The Morgan fingerprint density at radius 3 is 2.52 bits per heavy atom. The molecule has 0 radical (unpaired) electrons. The van der Waals surface area contributed by atoms with Gasteiger partial charge in [-0.1, -0.05) is 18.2 Å². The molecule has 1 N–H and O–H groups in total. The first-order valence-electron chi connectivity index (χ1n) is 6.76. The van der Waals surface area contributed by atoms with Crippen molar-refractivity contribution in [3.05, 3.63) is 59.7 Å². The van der Waals surface area contributed by atoms with E-state index < -0.39 is 0 Å². The number of para-hydroxylation sites is 1. The average Bonchev–Trinajstić information content (AvgIpc) is 2.81. The minimum atomic E-state index is 0.252. The van der Waals surface area contributed by atoms with E-state index in [2.05, 4.69) is 10.5 Å². The van der Waals surface area contributed by atoms with E-state index in [0.29, 0.717) is 5.56 Å². The average molecular weight is 272 g/mol. The Bertz CT molecular complexity index is 1070. The van der Waals surface area contributed by atoms with Crippen molar-refractivity contribution < 1.29 is 5.11 Å². The molecule has 100 valence electrons. The molecule has 4 rings (SSSR count). The van der Waals surface area contributed by atoms with Crippen molar-refractivity contribution in [1.29, 1.82) is 5.26 Å². The largest absolute Gasteiger partial charge is 0.508 e. The Hall–Kier alpha value is -2.99. The Labute approximate surface area is 121 Å². The summed E-state index contributed by atoms with van der Waals surface area (Å²) >= 11 is 0. The molecule has 21 heavy (non-hydrogen) atoms. The summed E-state index contributed by atoms with van der Waals surface area (Å²) in [6.07, 6.45) is 0. The zero-order chi connectivity index (χ0) is 14.6. The van der Waals surface area contributed by atoms with E-state index in [4.69, 9.17) is 0 Å². The highest BCUT2D eigenvalue weighted by Gasteiger charge is 2.14. The maximum atomic E-state index is 9.73. The third-order valence-corrected chi connectivity index (χ3v) is 4.02. The number of fused-ring (bicyclic) bond motifs is 5. The number of phenolic OH excluding ortho intramolecular Hbond substituents is 1. The maximum absolute atomic E-state index is 9.73. The highest BCUT2D eigenvalue weighted by atomic mass is 16.3. The Morgan fingerprint density at radius 2 is 1.71 bits per heavy atom. The maximum Gasteiger partial charge on any atom is 0.116 e. The van der Waals surface area contributed by atoms with Gasteiger partial charge in [0.1, 0.15) is 11.8 Å². The van der Waals surface area contributed by atoms with Crippen molar-refractivity contribution in [1.82, 2.24) is 4.40 Å². The molecule has 4 aromatic rings. The fourth-order valence-electron chi connectivity index (χ4n) is 3.09. The molecule has 0 unspecified atom stereocenters. The van der Waals surface area contributed by atoms with Gasteiger partial charge in [0.05, 0.1) is 22.1 Å². The van der Waals surface area contributed by atoms with E-state index in [0.717, 1.165) is 32.9 Å². The van der Waals surface area contributed by atoms with Crippen molar-refractivity contribution in [2.75, 3.05) is 0 Å². The van der Waals surface area contributed by atoms with Crippen molar-refractivity contribution in [3.63, 3.8) is 0 Å². The summed E-state index contributed by atoms with van der Waals surface area (Å²) < 4.78 is 2.09. The van der Waals surface area contributed by atoms with Crippen LogP contribution in [-0.4, -0.2) is 9.51 Å². The molecule has 0 saturated heterocycles. The second kappa shape index (κ2) is 4.00. The molecule has 0 aliphatic rings. The summed E-state index contributed by atoms with van der Waals surface area (Å²) in [5, 5.41) is 21.2. The Morgan fingerprint density at radius 1 is 0.952 bits per heavy atom. The lowest BCUT2D eigenvalue weighted by Crippen LogP contribution is -1.91. The van der Waals surface area contributed by atoms with Gasteiger partial charge in [0.25, 0.3) is 0 Å². The molecule has 2 aromatic heterocycles. The quantitative estimate of drug-likeness (QED) is 0.523. The van der Waals surface area contributed by atoms with Gasteiger partial charge in [-0.05, 0) is 42.8 Å². The topological polar surface area (TPSA) is 48.4 Å². The summed E-state index contributed by atoms with van der Waals surface area (Å²) in [4.78, 5) is 0. The predicted molar refractivity (Wildman–Crippen MR) is 83.5 cm³/mol. The van der Waals surface area contributed by atoms with Crippen LogP contribution in [0.25, 0.3) is 27.3 Å². The smallest absolute Gasteiger partial charge is 0.116 e. The van der Waals surface area contributed by atoms with E-state index >= 15 is 0 Å². The molecule has 3 nitrogen and oxygen atoms in total. The SMILES string of the molecule is Cc1cc2c(C#N)c3ccccc3n2c2ccc(O)cc12. The highest BCUT2D eigenvalue weighted by molar-refractivity contribution is 6.01. The number of nitrogens with zero attached hydrogens (tertiary/aromatic N) is 2. The van der Waals surface area contributed by atoms with Gasteiger partial charge in [-0.3, -0.25) is 0 Å². The summed E-state index contributed by atoms with van der Waals surface area (Å²) in [5.41, 5.74) is 4.67. The van der Waals surface area contributed by atoms with Crippen LogP contribution in [0.2, 0.25) is 0 Å². The van der Waals surface area contributed by atoms with Crippen molar-refractivity contribution in [3.8, 4) is 11.8 Å². The van der Waals surface area contributed by atoms with E-state index in [9.17, 15) is 10.4 Å². The van der Waals surface area contributed by atoms with Gasteiger partial charge in [-0.15, -0.1) is 0 Å². The molecule has 0 spiro atoms. The number of pyridine rings is 1. The van der Waals surface area contributed by atoms with Crippen molar-refractivity contribution in [2.24, 2.45) is 0 Å². The lowest BCUT2D eigenvalue weighted by atomic mass is 10.1. The van der Waals surface area contributed by atoms with Gasteiger partial charge in [0.2, 0.25) is 0 Å². The third kappa shape index (κ3) is 1.47. The molecule has 0 aliphatic carbocycles. The number of phenols is 1.